The minimum absolute atomic E-state index is 0.550. The zero-order valence-electron chi connectivity index (χ0n) is 7.33. The Hall–Kier alpha value is 0.390. The van der Waals surface area contributed by atoms with E-state index in [1.54, 1.807) is 7.05 Å². The summed E-state index contributed by atoms with van der Waals surface area (Å²) in [6.45, 7) is 0.668. The molecular formula is C7H14BrNO2S. The molecule has 5 heteroatoms. The fraction of sp³-hybridized carbons (Fsp3) is 1.00. The lowest BCUT2D eigenvalue weighted by molar-refractivity contribution is 0.276. The summed E-state index contributed by atoms with van der Waals surface area (Å²) in [4.78, 5) is 0.607. The first-order chi connectivity index (χ1) is 5.39. The lowest BCUT2D eigenvalue weighted by Gasteiger charge is -2.33. The van der Waals surface area contributed by atoms with E-state index >= 15 is 0 Å². The summed E-state index contributed by atoms with van der Waals surface area (Å²) in [5.41, 5.74) is 0. The Morgan fingerprint density at radius 1 is 1.50 bits per heavy atom. The molecular weight excluding hydrogens is 242 g/mol. The van der Waals surface area contributed by atoms with Crippen LogP contribution in [0.25, 0.3) is 0 Å². The van der Waals surface area contributed by atoms with Crippen molar-refractivity contribution in [3.05, 3.63) is 0 Å². The molecule has 1 aliphatic carbocycles. The molecule has 0 bridgehead atoms. The van der Waals surface area contributed by atoms with Gasteiger partial charge in [-0.15, -0.1) is 0 Å². The molecule has 0 aromatic rings. The van der Waals surface area contributed by atoms with Gasteiger partial charge in [-0.2, -0.15) is 0 Å². The van der Waals surface area contributed by atoms with Gasteiger partial charge in [0.25, 0.3) is 0 Å². The molecule has 1 fully saturated rings. The molecule has 1 aliphatic rings. The van der Waals surface area contributed by atoms with E-state index in [1.165, 1.54) is 10.6 Å². The number of halogens is 1. The van der Waals surface area contributed by atoms with E-state index in [9.17, 15) is 8.42 Å². The number of alkyl halides is 1. The van der Waals surface area contributed by atoms with Crippen LogP contribution >= 0.6 is 15.9 Å². The summed E-state index contributed by atoms with van der Waals surface area (Å²) in [7, 11) is -1.34. The Kier molecular flexibility index (Phi) is 3.17. The fourth-order valence-electron chi connectivity index (χ4n) is 1.30. The largest absolute Gasteiger partial charge is 0.213 e. The Morgan fingerprint density at radius 3 is 2.33 bits per heavy atom. The summed E-state index contributed by atoms with van der Waals surface area (Å²) in [5, 5.41) is 0. The van der Waals surface area contributed by atoms with Crippen molar-refractivity contribution in [3.8, 4) is 0 Å². The maximum absolute atomic E-state index is 11.0. The van der Waals surface area contributed by atoms with Crippen LogP contribution in [0.2, 0.25) is 0 Å². The highest BCUT2D eigenvalue weighted by molar-refractivity contribution is 9.09. The normalized spacial score (nSPS) is 30.3. The van der Waals surface area contributed by atoms with E-state index < -0.39 is 10.0 Å². The maximum atomic E-state index is 11.0. The van der Waals surface area contributed by atoms with Gasteiger partial charge in [-0.05, 0) is 18.8 Å². The molecule has 0 aromatic carbocycles. The second kappa shape index (κ2) is 3.64. The smallest absolute Gasteiger partial charge is 0.210 e. The quantitative estimate of drug-likeness (QED) is 0.708. The molecule has 0 aliphatic heterocycles. The van der Waals surface area contributed by atoms with Crippen molar-refractivity contribution < 1.29 is 8.42 Å². The van der Waals surface area contributed by atoms with Crippen molar-refractivity contribution >= 4 is 26.0 Å². The van der Waals surface area contributed by atoms with Crippen LogP contribution in [0.3, 0.4) is 0 Å². The molecule has 3 nitrogen and oxygen atoms in total. The molecule has 0 saturated heterocycles. The topological polar surface area (TPSA) is 37.4 Å². The van der Waals surface area contributed by atoms with Gasteiger partial charge in [0.05, 0.1) is 6.26 Å². The van der Waals surface area contributed by atoms with Crippen LogP contribution < -0.4 is 0 Å². The Labute approximate surface area is 82.3 Å². The van der Waals surface area contributed by atoms with Crippen molar-refractivity contribution in [2.75, 3.05) is 19.8 Å². The Balaban J connectivity index is 2.33. The van der Waals surface area contributed by atoms with Crippen LogP contribution in [-0.4, -0.2) is 37.4 Å². The summed E-state index contributed by atoms with van der Waals surface area (Å²) in [6.07, 6.45) is 3.44. The van der Waals surface area contributed by atoms with Crippen molar-refractivity contribution in [1.29, 1.82) is 0 Å². The first-order valence-corrected chi connectivity index (χ1v) is 6.71. The number of hydrogen-bond donors (Lipinski definition) is 0. The average Bonchev–Trinajstić information content (AvgIpc) is 1.82. The minimum atomic E-state index is -2.97. The van der Waals surface area contributed by atoms with Crippen LogP contribution in [0.1, 0.15) is 12.8 Å². The Bertz CT molecular complexity index is 246. The minimum Gasteiger partial charge on any atom is -0.213 e. The highest BCUT2D eigenvalue weighted by Gasteiger charge is 2.29. The van der Waals surface area contributed by atoms with Gasteiger partial charge >= 0.3 is 0 Å². The number of nitrogens with zero attached hydrogens (tertiary/aromatic N) is 1. The SMILES string of the molecule is CN(CC1CC(Br)C1)S(C)(=O)=O. The van der Waals surface area contributed by atoms with E-state index in [-0.39, 0.29) is 0 Å². The van der Waals surface area contributed by atoms with E-state index in [1.807, 2.05) is 0 Å². The summed E-state index contributed by atoms with van der Waals surface area (Å²) in [5.74, 6) is 0.550. The molecule has 0 radical (unpaired) electrons. The molecule has 0 heterocycles. The number of hydrogen-bond acceptors (Lipinski definition) is 2. The second-order valence-corrected chi connectivity index (χ2v) is 6.86. The van der Waals surface area contributed by atoms with Gasteiger partial charge in [0.2, 0.25) is 10.0 Å². The molecule has 0 amide bonds. The molecule has 0 aromatic heterocycles. The Morgan fingerprint density at radius 2 is 2.00 bits per heavy atom. The zero-order chi connectivity index (χ0) is 9.35. The fourth-order valence-corrected chi connectivity index (χ4v) is 2.84. The van der Waals surface area contributed by atoms with Crippen molar-refractivity contribution in [2.24, 2.45) is 5.92 Å². The molecule has 72 valence electrons. The van der Waals surface area contributed by atoms with Crippen molar-refractivity contribution in [3.63, 3.8) is 0 Å². The number of rotatable bonds is 3. The third kappa shape index (κ3) is 2.71. The first kappa shape index (κ1) is 10.5. The molecule has 0 spiro atoms. The predicted molar refractivity (Wildman–Crippen MR) is 52.9 cm³/mol. The standard InChI is InChI=1S/C7H14BrNO2S/c1-9(12(2,10)11)5-6-3-7(8)4-6/h6-7H,3-5H2,1-2H3. The monoisotopic (exact) mass is 255 g/mol. The third-order valence-electron chi connectivity index (χ3n) is 2.26. The van der Waals surface area contributed by atoms with Crippen LogP contribution in [0.4, 0.5) is 0 Å². The lowest BCUT2D eigenvalue weighted by atomic mass is 9.85. The highest BCUT2D eigenvalue weighted by Crippen LogP contribution is 2.33. The lowest BCUT2D eigenvalue weighted by Crippen LogP contribution is -2.37. The second-order valence-electron chi connectivity index (χ2n) is 3.48. The van der Waals surface area contributed by atoms with E-state index in [4.69, 9.17) is 0 Å². The summed E-state index contributed by atoms with van der Waals surface area (Å²) >= 11 is 3.47. The van der Waals surface area contributed by atoms with Crippen LogP contribution in [0, 0.1) is 5.92 Å². The van der Waals surface area contributed by atoms with Gasteiger partial charge in [0, 0.05) is 18.4 Å². The molecule has 1 saturated carbocycles. The summed E-state index contributed by atoms with van der Waals surface area (Å²) in [6, 6.07) is 0. The van der Waals surface area contributed by atoms with Crippen molar-refractivity contribution in [2.45, 2.75) is 17.7 Å². The van der Waals surface area contributed by atoms with E-state index in [0.29, 0.717) is 17.3 Å². The van der Waals surface area contributed by atoms with Gasteiger partial charge in [0.1, 0.15) is 0 Å². The molecule has 1 rings (SSSR count). The first-order valence-electron chi connectivity index (χ1n) is 3.95. The third-order valence-corrected chi connectivity index (χ3v) is 4.29. The molecule has 12 heavy (non-hydrogen) atoms. The van der Waals surface area contributed by atoms with Gasteiger partial charge in [-0.25, -0.2) is 12.7 Å². The van der Waals surface area contributed by atoms with Crippen molar-refractivity contribution in [1.82, 2.24) is 4.31 Å². The van der Waals surface area contributed by atoms with Crippen LogP contribution in [0.15, 0.2) is 0 Å². The summed E-state index contributed by atoms with van der Waals surface area (Å²) < 4.78 is 23.4. The molecule has 0 N–H and O–H groups in total. The number of sulfonamides is 1. The van der Waals surface area contributed by atoms with E-state index in [2.05, 4.69) is 15.9 Å². The van der Waals surface area contributed by atoms with Gasteiger partial charge in [0.15, 0.2) is 0 Å². The van der Waals surface area contributed by atoms with Gasteiger partial charge in [-0.1, -0.05) is 15.9 Å². The maximum Gasteiger partial charge on any atom is 0.210 e. The van der Waals surface area contributed by atoms with Gasteiger partial charge < -0.3 is 0 Å². The van der Waals surface area contributed by atoms with Crippen LogP contribution in [0.5, 0.6) is 0 Å². The molecule has 0 atom stereocenters. The average molecular weight is 256 g/mol. The molecule has 0 unspecified atom stereocenters. The predicted octanol–water partition coefficient (Wildman–Crippen LogP) is 1.05. The van der Waals surface area contributed by atoms with E-state index in [0.717, 1.165) is 12.8 Å². The van der Waals surface area contributed by atoms with Crippen LogP contribution in [-0.2, 0) is 10.0 Å². The zero-order valence-corrected chi connectivity index (χ0v) is 9.73. The highest BCUT2D eigenvalue weighted by atomic mass is 79.9. The van der Waals surface area contributed by atoms with Gasteiger partial charge in [-0.3, -0.25) is 0 Å².